The van der Waals surface area contributed by atoms with Crippen LogP contribution in [0.5, 0.6) is 5.75 Å². The van der Waals surface area contributed by atoms with Gasteiger partial charge in [0.1, 0.15) is 5.75 Å². The van der Waals surface area contributed by atoms with Crippen molar-refractivity contribution in [1.82, 2.24) is 10.2 Å². The van der Waals surface area contributed by atoms with Crippen LogP contribution in [0, 0.1) is 0 Å². The smallest absolute Gasteiger partial charge is 0.426 e. The monoisotopic (exact) mass is 467 g/mol. The van der Waals surface area contributed by atoms with Crippen LogP contribution in [0.4, 0.5) is 23.2 Å². The van der Waals surface area contributed by atoms with Crippen LogP contribution in [0.2, 0.25) is 0 Å². The molecule has 6 nitrogen and oxygen atoms in total. The predicted molar refractivity (Wildman–Crippen MR) is 115 cm³/mol. The van der Waals surface area contributed by atoms with Crippen LogP contribution < -0.4 is 15.0 Å². The van der Waals surface area contributed by atoms with E-state index in [1.54, 1.807) is 36.4 Å². The van der Waals surface area contributed by atoms with E-state index in [0.717, 1.165) is 26.1 Å². The van der Waals surface area contributed by atoms with E-state index in [1.165, 1.54) is 12.1 Å². The molecule has 4 rings (SSSR count). The predicted octanol–water partition coefficient (Wildman–Crippen LogP) is 4.03. The van der Waals surface area contributed by atoms with E-state index in [0.29, 0.717) is 29.9 Å². The van der Waals surface area contributed by atoms with Gasteiger partial charge in [-0.1, -0.05) is 31.2 Å². The topological polar surface area (TPSA) is 61.9 Å². The van der Waals surface area contributed by atoms with Gasteiger partial charge >= 0.3 is 12.5 Å². The van der Waals surface area contributed by atoms with Gasteiger partial charge in [0, 0.05) is 26.2 Å². The number of carbonyl (C=O) groups excluding carboxylic acids is 2. The quantitative estimate of drug-likeness (QED) is 0.514. The van der Waals surface area contributed by atoms with E-state index < -0.39 is 12.5 Å². The largest absolute Gasteiger partial charge is 0.461 e. The third-order valence-electron chi connectivity index (χ3n) is 5.26. The molecule has 2 aliphatic heterocycles. The number of halogens is 4. The van der Waals surface area contributed by atoms with Crippen molar-refractivity contribution in [3.8, 4) is 5.75 Å². The molecule has 2 aliphatic rings. The lowest BCUT2D eigenvalue weighted by Gasteiger charge is -2.36. The molecule has 0 unspecified atom stereocenters. The van der Waals surface area contributed by atoms with Crippen LogP contribution in [0.3, 0.4) is 0 Å². The molecule has 0 bridgehead atoms. The first kappa shape index (κ1) is 24.5. The Balaban J connectivity index is 0.000000231. The minimum absolute atomic E-state index is 0.211. The Morgan fingerprint density at radius 2 is 1.48 bits per heavy atom. The molecule has 2 amide bonds. The van der Waals surface area contributed by atoms with Crippen molar-refractivity contribution in [1.29, 1.82) is 0 Å². The maximum absolute atomic E-state index is 13.1. The minimum atomic E-state index is -4.49. The van der Waals surface area contributed by atoms with Crippen molar-refractivity contribution >= 4 is 17.5 Å². The van der Waals surface area contributed by atoms with Crippen molar-refractivity contribution in [2.45, 2.75) is 25.9 Å². The summed E-state index contributed by atoms with van der Waals surface area (Å²) < 4.78 is 55.2. The summed E-state index contributed by atoms with van der Waals surface area (Å²) in [6.45, 7) is 6.03. The van der Waals surface area contributed by atoms with Crippen molar-refractivity contribution in [2.75, 3.05) is 37.6 Å². The lowest BCUT2D eigenvalue weighted by molar-refractivity contribution is -0.253. The van der Waals surface area contributed by atoms with Gasteiger partial charge in [0.05, 0.1) is 16.8 Å². The number of alkyl halides is 4. The number of rotatable bonds is 6. The second-order valence-corrected chi connectivity index (χ2v) is 7.59. The Morgan fingerprint density at radius 3 is 2.03 bits per heavy atom. The molecule has 1 saturated heterocycles. The summed E-state index contributed by atoms with van der Waals surface area (Å²) in [6.07, 6.45) is -7.29. The Bertz CT molecular complexity index is 946. The fourth-order valence-electron chi connectivity index (χ4n) is 3.64. The molecule has 2 heterocycles. The first-order valence-electron chi connectivity index (χ1n) is 10.6. The van der Waals surface area contributed by atoms with Crippen LogP contribution in [0.1, 0.15) is 34.1 Å². The lowest BCUT2D eigenvalue weighted by atomic mass is 10.1. The minimum Gasteiger partial charge on any atom is -0.426 e. The van der Waals surface area contributed by atoms with Crippen molar-refractivity contribution in [2.24, 2.45) is 0 Å². The number of carbonyl (C=O) groups is 2. The Kier molecular flexibility index (Phi) is 7.91. The number of hydrogen-bond acceptors (Lipinski definition) is 5. The number of imide groups is 1. The van der Waals surface area contributed by atoms with Gasteiger partial charge in [-0.25, -0.2) is 0 Å². The molecule has 0 atom stereocenters. The highest BCUT2D eigenvalue weighted by molar-refractivity contribution is 6.21. The molecule has 0 aliphatic carbocycles. The zero-order valence-corrected chi connectivity index (χ0v) is 18.1. The maximum atomic E-state index is 13.1. The van der Waals surface area contributed by atoms with Crippen LogP contribution >= 0.6 is 0 Å². The molecule has 0 saturated carbocycles. The summed E-state index contributed by atoms with van der Waals surface area (Å²) in [4.78, 5) is 26.1. The van der Waals surface area contributed by atoms with Gasteiger partial charge in [-0.3, -0.25) is 19.8 Å². The number of nitrogens with zero attached hydrogens (tertiary/aromatic N) is 2. The number of ether oxygens (including phenoxy) is 1. The normalized spacial score (nSPS) is 16.2. The highest BCUT2D eigenvalue weighted by Crippen LogP contribution is 2.35. The molecular formula is C23H25F4N3O3. The highest BCUT2D eigenvalue weighted by atomic mass is 19.3. The third-order valence-corrected chi connectivity index (χ3v) is 5.26. The summed E-state index contributed by atoms with van der Waals surface area (Å²) in [6, 6.07) is 12.8. The van der Waals surface area contributed by atoms with E-state index in [2.05, 4.69) is 21.9 Å². The third kappa shape index (κ3) is 6.01. The average Bonchev–Trinajstić information content (AvgIpc) is 3.09. The van der Waals surface area contributed by atoms with E-state index in [4.69, 9.17) is 0 Å². The number of hydrogen-bond donors (Lipinski definition) is 1. The van der Waals surface area contributed by atoms with Crippen LogP contribution in [0.25, 0.3) is 0 Å². The molecule has 2 aromatic rings. The summed E-state index contributed by atoms with van der Waals surface area (Å²) in [5, 5.41) is 2.20. The van der Waals surface area contributed by atoms with Crippen molar-refractivity contribution in [3.05, 3.63) is 59.7 Å². The molecule has 178 valence electrons. The molecule has 0 aromatic heterocycles. The molecule has 0 radical (unpaired) electrons. The number of piperazine rings is 1. The van der Waals surface area contributed by atoms with Gasteiger partial charge < -0.3 is 9.64 Å². The molecule has 1 N–H and O–H groups in total. The first-order valence-corrected chi connectivity index (χ1v) is 10.6. The van der Waals surface area contributed by atoms with Gasteiger partial charge in [0.2, 0.25) is 0 Å². The lowest BCUT2D eigenvalue weighted by Crippen LogP contribution is -2.46. The second kappa shape index (κ2) is 10.7. The molecule has 2 aromatic carbocycles. The zero-order chi connectivity index (χ0) is 24.0. The van der Waals surface area contributed by atoms with Crippen LogP contribution in [-0.2, 0) is 0 Å². The van der Waals surface area contributed by atoms with E-state index >= 15 is 0 Å². The van der Waals surface area contributed by atoms with Gasteiger partial charge in [0.25, 0.3) is 11.8 Å². The fraction of sp³-hybridized carbons (Fsp3) is 0.391. The summed E-state index contributed by atoms with van der Waals surface area (Å²) in [5.74, 6) is -0.812. The summed E-state index contributed by atoms with van der Waals surface area (Å²) in [7, 11) is 0. The summed E-state index contributed by atoms with van der Waals surface area (Å²) >= 11 is 0. The molecule has 10 heteroatoms. The average molecular weight is 467 g/mol. The number of anilines is 1. The second-order valence-electron chi connectivity index (χ2n) is 7.59. The van der Waals surface area contributed by atoms with E-state index in [1.807, 2.05) is 4.90 Å². The molecule has 0 spiro atoms. The maximum Gasteiger partial charge on any atom is 0.461 e. The number of para-hydroxylation sites is 2. The SMILES string of the molecule is CCCN1CCN(c2ccccc2OC(F)(F)C(F)F)CC1.O=C1NC(=O)c2ccccc21. The number of fused-ring (bicyclic) bond motifs is 1. The zero-order valence-electron chi connectivity index (χ0n) is 18.1. The van der Waals surface area contributed by atoms with Crippen LogP contribution in [-0.4, -0.2) is 62.0 Å². The number of nitrogens with one attached hydrogen (secondary N) is 1. The van der Waals surface area contributed by atoms with E-state index in [-0.39, 0.29) is 17.6 Å². The van der Waals surface area contributed by atoms with Crippen molar-refractivity contribution < 1.29 is 31.9 Å². The Morgan fingerprint density at radius 1 is 0.939 bits per heavy atom. The number of amides is 2. The van der Waals surface area contributed by atoms with Gasteiger partial charge in [-0.15, -0.1) is 0 Å². The van der Waals surface area contributed by atoms with Gasteiger partial charge in [-0.2, -0.15) is 17.6 Å². The standard InChI is InChI=1S/C15H20F4N2O.C8H5NO2/c1-2-7-20-8-10-21(11-9-20)12-5-3-4-6-13(12)22-15(18,19)14(16)17;10-7-5-3-1-2-4-6(5)8(11)9-7/h3-6,14H,2,7-11H2,1H3;1-4H,(H,9,10,11). The van der Waals surface area contributed by atoms with Crippen molar-refractivity contribution in [3.63, 3.8) is 0 Å². The first-order chi connectivity index (χ1) is 15.7. The molecule has 33 heavy (non-hydrogen) atoms. The number of benzene rings is 2. The van der Waals surface area contributed by atoms with Gasteiger partial charge in [0.15, 0.2) is 0 Å². The van der Waals surface area contributed by atoms with Gasteiger partial charge in [-0.05, 0) is 37.2 Å². The fourth-order valence-corrected chi connectivity index (χ4v) is 3.64. The molecule has 1 fully saturated rings. The Labute approximate surface area is 189 Å². The van der Waals surface area contributed by atoms with E-state index in [9.17, 15) is 27.2 Å². The van der Waals surface area contributed by atoms with Crippen LogP contribution in [0.15, 0.2) is 48.5 Å². The summed E-state index contributed by atoms with van der Waals surface area (Å²) in [5.41, 5.74) is 1.37. The Hall–Kier alpha value is -3.14. The highest BCUT2D eigenvalue weighted by Gasteiger charge is 2.44. The molecular weight excluding hydrogens is 442 g/mol.